The second-order valence-corrected chi connectivity index (χ2v) is 5.61. The number of alkyl halides is 2. The largest absolute Gasteiger partial charge is 0.413 e. The summed E-state index contributed by atoms with van der Waals surface area (Å²) < 4.78 is -2.27. The summed E-state index contributed by atoms with van der Waals surface area (Å²) in [6.07, 6.45) is 0. The molecule has 3 rings (SSSR count). The number of fused-ring (bicyclic) bond motifs is 3. The molecule has 1 aromatic heterocycles. The number of para-hydroxylation sites is 1. The summed E-state index contributed by atoms with van der Waals surface area (Å²) in [5.41, 5.74) is 0.661. The Kier molecular flexibility index (Phi) is 3.00. The summed E-state index contributed by atoms with van der Waals surface area (Å²) in [4.78, 5) is 14.6. The first-order chi connectivity index (χ1) is 9.51. The van der Waals surface area contributed by atoms with Crippen LogP contribution in [0.5, 0.6) is 0 Å². The van der Waals surface area contributed by atoms with Gasteiger partial charge in [0.15, 0.2) is 5.69 Å². The Hall–Kier alpha value is -1.91. The predicted octanol–water partition coefficient (Wildman–Crippen LogP) is 4.25. The first kappa shape index (κ1) is 13.1. The number of pyridine rings is 1. The Morgan fingerprint density at radius 3 is 2.15 bits per heavy atom. The highest BCUT2D eigenvalue weighted by Crippen LogP contribution is 2.39. The van der Waals surface area contributed by atoms with Crippen LogP contribution in [0.4, 0.5) is 0 Å². The lowest BCUT2D eigenvalue weighted by Crippen LogP contribution is -2.23. The Labute approximate surface area is 124 Å². The first-order valence-electron chi connectivity index (χ1n) is 5.82. The van der Waals surface area contributed by atoms with Gasteiger partial charge < -0.3 is 0 Å². The van der Waals surface area contributed by atoms with E-state index >= 15 is 0 Å². The first-order valence-corrected chi connectivity index (χ1v) is 6.57. The maximum atomic E-state index is 11.1. The highest BCUT2D eigenvalue weighted by molar-refractivity contribution is 6.47. The molecule has 3 aromatic rings. The molecule has 0 saturated carbocycles. The molecule has 2 aromatic carbocycles. The monoisotopic (exact) mass is 306 g/mol. The fourth-order valence-corrected chi connectivity index (χ4v) is 2.51. The van der Waals surface area contributed by atoms with E-state index in [2.05, 4.69) is 4.98 Å². The molecule has 1 heterocycles. The molecule has 100 valence electrons. The molecular weight excluding hydrogens is 299 g/mol. The second kappa shape index (κ2) is 4.58. The van der Waals surface area contributed by atoms with Gasteiger partial charge in [-0.2, -0.15) is 0 Å². The molecule has 0 aliphatic rings. The van der Waals surface area contributed by atoms with Crippen molar-refractivity contribution in [3.05, 3.63) is 64.3 Å². The van der Waals surface area contributed by atoms with E-state index in [0.717, 1.165) is 10.8 Å². The van der Waals surface area contributed by atoms with Gasteiger partial charge in [-0.1, -0.05) is 42.5 Å². The molecule has 0 spiro atoms. The maximum Gasteiger partial charge on any atom is 0.413 e. The Bertz CT molecular complexity index is 834. The molecule has 0 radical (unpaired) electrons. The zero-order chi connectivity index (χ0) is 14.3. The second-order valence-electron chi connectivity index (χ2n) is 4.32. The van der Waals surface area contributed by atoms with Crippen LogP contribution in [0.1, 0.15) is 5.69 Å². The summed E-state index contributed by atoms with van der Waals surface area (Å²) in [6, 6.07) is 14.6. The van der Waals surface area contributed by atoms with Crippen LogP contribution >= 0.6 is 23.2 Å². The SMILES string of the molecule is O=[N+]([O-])C(Cl)(Cl)c1nc2ccccc2c2ccccc12. The number of rotatable bonds is 2. The minimum absolute atomic E-state index is 0.0418. The van der Waals surface area contributed by atoms with Gasteiger partial charge in [-0.3, -0.25) is 10.1 Å². The fourth-order valence-electron chi connectivity index (χ4n) is 2.22. The average molecular weight is 307 g/mol. The number of benzene rings is 2. The molecule has 6 heteroatoms. The summed E-state index contributed by atoms with van der Waals surface area (Å²) >= 11 is 11.8. The van der Waals surface area contributed by atoms with Gasteiger partial charge in [0.05, 0.1) is 10.4 Å². The van der Waals surface area contributed by atoms with E-state index in [4.69, 9.17) is 23.2 Å². The van der Waals surface area contributed by atoms with Crippen molar-refractivity contribution in [2.45, 2.75) is 4.46 Å². The minimum atomic E-state index is -2.27. The van der Waals surface area contributed by atoms with Gasteiger partial charge in [-0.05, 0) is 34.7 Å². The normalized spacial score (nSPS) is 11.9. The Balaban J connectivity index is 2.50. The molecule has 0 amide bonds. The lowest BCUT2D eigenvalue weighted by molar-refractivity contribution is -0.523. The van der Waals surface area contributed by atoms with Crippen molar-refractivity contribution in [2.24, 2.45) is 0 Å². The van der Waals surface area contributed by atoms with E-state index in [1.54, 1.807) is 18.2 Å². The summed E-state index contributed by atoms with van der Waals surface area (Å²) in [5.74, 6) is 0. The van der Waals surface area contributed by atoms with Crippen molar-refractivity contribution in [3.8, 4) is 0 Å². The molecule has 0 aliphatic heterocycles. The number of nitro groups is 1. The van der Waals surface area contributed by atoms with E-state index in [0.29, 0.717) is 10.9 Å². The van der Waals surface area contributed by atoms with Crippen molar-refractivity contribution in [1.29, 1.82) is 0 Å². The molecule has 20 heavy (non-hydrogen) atoms. The van der Waals surface area contributed by atoms with Crippen molar-refractivity contribution < 1.29 is 4.92 Å². The smallest absolute Gasteiger partial charge is 0.261 e. The predicted molar refractivity (Wildman–Crippen MR) is 79.6 cm³/mol. The third-order valence-electron chi connectivity index (χ3n) is 3.12. The molecule has 0 N–H and O–H groups in total. The van der Waals surface area contributed by atoms with Crippen LogP contribution in [0.15, 0.2) is 48.5 Å². The van der Waals surface area contributed by atoms with Crippen LogP contribution in [-0.4, -0.2) is 9.91 Å². The van der Waals surface area contributed by atoms with Gasteiger partial charge in [0, 0.05) is 10.8 Å². The van der Waals surface area contributed by atoms with Crippen molar-refractivity contribution >= 4 is 44.9 Å². The van der Waals surface area contributed by atoms with E-state index in [1.165, 1.54) is 0 Å². The molecule has 0 saturated heterocycles. The Morgan fingerprint density at radius 2 is 1.50 bits per heavy atom. The zero-order valence-corrected chi connectivity index (χ0v) is 11.6. The van der Waals surface area contributed by atoms with Crippen molar-refractivity contribution in [2.75, 3.05) is 0 Å². The van der Waals surface area contributed by atoms with Gasteiger partial charge in [0.1, 0.15) is 0 Å². The van der Waals surface area contributed by atoms with Gasteiger partial charge in [-0.25, -0.2) is 4.98 Å². The van der Waals surface area contributed by atoms with Gasteiger partial charge in [0.25, 0.3) is 0 Å². The summed E-state index contributed by atoms with van der Waals surface area (Å²) in [6.45, 7) is 0. The average Bonchev–Trinajstić information content (AvgIpc) is 2.46. The summed E-state index contributed by atoms with van der Waals surface area (Å²) in [7, 11) is 0. The number of halogens is 2. The van der Waals surface area contributed by atoms with Crippen LogP contribution in [0, 0.1) is 10.1 Å². The number of hydrogen-bond donors (Lipinski definition) is 0. The molecule has 0 atom stereocenters. The van der Waals surface area contributed by atoms with Gasteiger partial charge in [-0.15, -0.1) is 0 Å². The van der Waals surface area contributed by atoms with E-state index in [1.807, 2.05) is 30.3 Å². The molecular formula is C14H8Cl2N2O2. The van der Waals surface area contributed by atoms with Crippen LogP contribution in [0.2, 0.25) is 0 Å². The van der Waals surface area contributed by atoms with Gasteiger partial charge in [0.2, 0.25) is 0 Å². The number of hydrogen-bond acceptors (Lipinski definition) is 3. The van der Waals surface area contributed by atoms with Crippen LogP contribution in [0.25, 0.3) is 21.7 Å². The van der Waals surface area contributed by atoms with E-state index < -0.39 is 9.38 Å². The third-order valence-corrected chi connectivity index (χ3v) is 3.76. The lowest BCUT2D eigenvalue weighted by atomic mass is 10.0. The fraction of sp³-hybridized carbons (Fsp3) is 0.0714. The maximum absolute atomic E-state index is 11.1. The molecule has 0 aliphatic carbocycles. The van der Waals surface area contributed by atoms with E-state index in [-0.39, 0.29) is 5.69 Å². The summed E-state index contributed by atoms with van der Waals surface area (Å²) in [5, 5.41) is 13.4. The molecule has 4 nitrogen and oxygen atoms in total. The minimum Gasteiger partial charge on any atom is -0.261 e. The lowest BCUT2D eigenvalue weighted by Gasteiger charge is -2.14. The van der Waals surface area contributed by atoms with Crippen molar-refractivity contribution in [3.63, 3.8) is 0 Å². The molecule has 0 bridgehead atoms. The zero-order valence-electron chi connectivity index (χ0n) is 10.1. The quantitative estimate of drug-likeness (QED) is 0.234. The number of aromatic nitrogens is 1. The van der Waals surface area contributed by atoms with Crippen LogP contribution in [0.3, 0.4) is 0 Å². The van der Waals surface area contributed by atoms with E-state index in [9.17, 15) is 10.1 Å². The van der Waals surface area contributed by atoms with Gasteiger partial charge >= 0.3 is 4.46 Å². The molecule has 0 fully saturated rings. The Morgan fingerprint density at radius 1 is 0.950 bits per heavy atom. The highest BCUT2D eigenvalue weighted by atomic mass is 35.5. The highest BCUT2D eigenvalue weighted by Gasteiger charge is 2.43. The molecule has 0 unspecified atom stereocenters. The van der Waals surface area contributed by atoms with Crippen LogP contribution < -0.4 is 0 Å². The standard InChI is InChI=1S/C14H8Cl2N2O2/c15-14(16,18(19)20)13-11-7-2-1-5-9(11)10-6-3-4-8-12(10)17-13/h1-8H. The third kappa shape index (κ3) is 1.88. The topological polar surface area (TPSA) is 56.0 Å². The van der Waals surface area contributed by atoms with Crippen LogP contribution in [-0.2, 0) is 4.46 Å². The van der Waals surface area contributed by atoms with Crippen molar-refractivity contribution in [1.82, 2.24) is 4.98 Å². The number of nitrogens with zero attached hydrogens (tertiary/aromatic N) is 2.